The summed E-state index contributed by atoms with van der Waals surface area (Å²) in [6.07, 6.45) is 2.91. The summed E-state index contributed by atoms with van der Waals surface area (Å²) in [6.45, 7) is -0.100. The number of non-ortho nitro benzene ring substituents is 1. The van der Waals surface area contributed by atoms with Gasteiger partial charge in [-0.3, -0.25) is 14.9 Å². The van der Waals surface area contributed by atoms with Crippen molar-refractivity contribution in [3.63, 3.8) is 0 Å². The van der Waals surface area contributed by atoms with Gasteiger partial charge in [0.25, 0.3) is 5.69 Å². The normalized spacial score (nSPS) is 20.4. The van der Waals surface area contributed by atoms with Gasteiger partial charge in [-0.15, -0.1) is 0 Å². The molecule has 0 aromatic heterocycles. The standard InChI is InChI=1S/C16H19N3O5S/c17-9-10-18-16(20)15-4-2-1-3-12(15)11-25(23,24)14-7-5-13(6-8-14)19(21)22/h5-8,12,15H,1-4,10-11H2,(H,18,20)/t12-,15+/m1/s1. The number of nitro groups is 1. The summed E-state index contributed by atoms with van der Waals surface area (Å²) in [5, 5.41) is 21.7. The lowest BCUT2D eigenvalue weighted by molar-refractivity contribution is -0.384. The molecule has 0 radical (unpaired) electrons. The Balaban J connectivity index is 2.15. The van der Waals surface area contributed by atoms with Gasteiger partial charge in [-0.05, 0) is 30.9 Å². The predicted molar refractivity (Wildman–Crippen MR) is 89.2 cm³/mol. The predicted octanol–water partition coefficient (Wildman–Crippen LogP) is 1.81. The minimum atomic E-state index is -3.66. The van der Waals surface area contributed by atoms with Crippen molar-refractivity contribution in [1.82, 2.24) is 5.32 Å². The molecule has 8 nitrogen and oxygen atoms in total. The summed E-state index contributed by atoms with van der Waals surface area (Å²) in [4.78, 5) is 22.3. The topological polar surface area (TPSA) is 130 Å². The van der Waals surface area contributed by atoms with Gasteiger partial charge in [0, 0.05) is 18.1 Å². The highest BCUT2D eigenvalue weighted by atomic mass is 32.2. The average molecular weight is 365 g/mol. The van der Waals surface area contributed by atoms with Gasteiger partial charge in [0.1, 0.15) is 6.54 Å². The Kier molecular flexibility index (Phi) is 6.09. The molecule has 1 N–H and O–H groups in total. The molecule has 25 heavy (non-hydrogen) atoms. The molecule has 1 aromatic rings. The van der Waals surface area contributed by atoms with E-state index < -0.39 is 20.7 Å². The Morgan fingerprint density at radius 1 is 1.28 bits per heavy atom. The summed E-state index contributed by atoms with van der Waals surface area (Å²) in [7, 11) is -3.66. The molecule has 1 aliphatic rings. The highest BCUT2D eigenvalue weighted by molar-refractivity contribution is 7.91. The summed E-state index contributed by atoms with van der Waals surface area (Å²) in [5.74, 6) is -1.23. The molecule has 9 heteroatoms. The van der Waals surface area contributed by atoms with E-state index in [0.717, 1.165) is 25.0 Å². The number of hydrogen-bond donors (Lipinski definition) is 1. The molecule has 134 valence electrons. The third-order valence-corrected chi connectivity index (χ3v) is 6.29. The number of rotatable bonds is 6. The minimum Gasteiger partial charge on any atom is -0.343 e. The quantitative estimate of drug-likeness (QED) is 0.465. The zero-order valence-corrected chi connectivity index (χ0v) is 14.4. The van der Waals surface area contributed by atoms with E-state index in [2.05, 4.69) is 5.32 Å². The fourth-order valence-corrected chi connectivity index (χ4v) is 4.87. The number of carbonyl (C=O) groups is 1. The largest absolute Gasteiger partial charge is 0.343 e. The van der Waals surface area contributed by atoms with Crippen LogP contribution >= 0.6 is 0 Å². The van der Waals surface area contributed by atoms with Crippen LogP contribution in [0.15, 0.2) is 29.2 Å². The molecule has 1 aliphatic carbocycles. The van der Waals surface area contributed by atoms with Crippen LogP contribution in [0.1, 0.15) is 25.7 Å². The Labute approximate surface area is 145 Å². The number of hydrogen-bond acceptors (Lipinski definition) is 6. The maximum Gasteiger partial charge on any atom is 0.269 e. The second-order valence-electron chi connectivity index (χ2n) is 6.06. The van der Waals surface area contributed by atoms with Gasteiger partial charge in [0.2, 0.25) is 5.91 Å². The smallest absolute Gasteiger partial charge is 0.269 e. The molecular weight excluding hydrogens is 346 g/mol. The zero-order chi connectivity index (χ0) is 18.4. The van der Waals surface area contributed by atoms with E-state index in [1.807, 2.05) is 6.07 Å². The number of amides is 1. The van der Waals surface area contributed by atoms with E-state index in [4.69, 9.17) is 5.26 Å². The maximum atomic E-state index is 12.6. The highest BCUT2D eigenvalue weighted by Crippen LogP contribution is 2.33. The van der Waals surface area contributed by atoms with Gasteiger partial charge in [0.15, 0.2) is 9.84 Å². The highest BCUT2D eigenvalue weighted by Gasteiger charge is 2.34. The minimum absolute atomic E-state index is 0.0138. The Morgan fingerprint density at radius 3 is 2.52 bits per heavy atom. The summed E-state index contributed by atoms with van der Waals surface area (Å²) in [6, 6.07) is 6.60. The summed E-state index contributed by atoms with van der Waals surface area (Å²) >= 11 is 0. The fraction of sp³-hybridized carbons (Fsp3) is 0.500. The summed E-state index contributed by atoms with van der Waals surface area (Å²) < 4.78 is 25.2. The van der Waals surface area contributed by atoms with Crippen LogP contribution in [-0.4, -0.2) is 31.5 Å². The Morgan fingerprint density at radius 2 is 1.92 bits per heavy atom. The lowest BCUT2D eigenvalue weighted by atomic mass is 9.80. The number of carbonyl (C=O) groups excluding carboxylic acids is 1. The Bertz CT molecular complexity index is 783. The second-order valence-corrected chi connectivity index (χ2v) is 8.09. The first kappa shape index (κ1) is 18.9. The molecule has 0 heterocycles. The molecule has 1 aromatic carbocycles. The van der Waals surface area contributed by atoms with E-state index in [1.54, 1.807) is 0 Å². The van der Waals surface area contributed by atoms with Crippen LogP contribution in [0.2, 0.25) is 0 Å². The third-order valence-electron chi connectivity index (χ3n) is 4.43. The Hall–Kier alpha value is -2.47. The number of nitrogens with zero attached hydrogens (tertiary/aromatic N) is 2. The molecule has 2 rings (SSSR count). The van der Waals surface area contributed by atoms with Crippen molar-refractivity contribution >= 4 is 21.4 Å². The maximum absolute atomic E-state index is 12.6. The number of nitriles is 1. The van der Waals surface area contributed by atoms with Crippen LogP contribution in [0.3, 0.4) is 0 Å². The number of sulfone groups is 1. The number of nitro benzene ring substituents is 1. The van der Waals surface area contributed by atoms with Crippen LogP contribution in [-0.2, 0) is 14.6 Å². The van der Waals surface area contributed by atoms with E-state index in [1.165, 1.54) is 12.1 Å². The molecule has 0 bridgehead atoms. The zero-order valence-electron chi connectivity index (χ0n) is 13.6. The van der Waals surface area contributed by atoms with Gasteiger partial charge in [-0.2, -0.15) is 5.26 Å². The summed E-state index contributed by atoms with van der Waals surface area (Å²) in [5.41, 5.74) is -0.176. The van der Waals surface area contributed by atoms with E-state index in [0.29, 0.717) is 12.8 Å². The first-order valence-electron chi connectivity index (χ1n) is 7.97. The second kappa shape index (κ2) is 8.07. The van der Waals surface area contributed by atoms with Gasteiger partial charge < -0.3 is 5.32 Å². The molecule has 0 unspecified atom stereocenters. The molecule has 0 saturated heterocycles. The molecule has 1 amide bonds. The van der Waals surface area contributed by atoms with Crippen molar-refractivity contribution in [1.29, 1.82) is 5.26 Å². The number of benzene rings is 1. The van der Waals surface area contributed by atoms with Crippen LogP contribution in [0.25, 0.3) is 0 Å². The lowest BCUT2D eigenvalue weighted by Gasteiger charge is -2.30. The van der Waals surface area contributed by atoms with Crippen molar-refractivity contribution in [2.24, 2.45) is 11.8 Å². The van der Waals surface area contributed by atoms with Crippen molar-refractivity contribution in [3.05, 3.63) is 34.4 Å². The van der Waals surface area contributed by atoms with Crippen LogP contribution in [0, 0.1) is 33.3 Å². The first-order valence-corrected chi connectivity index (χ1v) is 9.62. The van der Waals surface area contributed by atoms with Crippen LogP contribution in [0.4, 0.5) is 5.69 Å². The fourth-order valence-electron chi connectivity index (χ4n) is 3.16. The SMILES string of the molecule is N#CCNC(=O)[C@H]1CCCC[C@@H]1CS(=O)(=O)c1ccc([N+](=O)[O-])cc1. The van der Waals surface area contributed by atoms with E-state index >= 15 is 0 Å². The van der Waals surface area contributed by atoms with Crippen molar-refractivity contribution in [2.75, 3.05) is 12.3 Å². The van der Waals surface area contributed by atoms with Gasteiger partial charge in [-0.25, -0.2) is 8.42 Å². The lowest BCUT2D eigenvalue weighted by Crippen LogP contribution is -2.39. The third kappa shape index (κ3) is 4.76. The van der Waals surface area contributed by atoms with Gasteiger partial charge in [-0.1, -0.05) is 12.8 Å². The van der Waals surface area contributed by atoms with Crippen LogP contribution < -0.4 is 5.32 Å². The molecule has 0 spiro atoms. The first-order chi connectivity index (χ1) is 11.8. The van der Waals surface area contributed by atoms with Gasteiger partial charge in [0.05, 0.1) is 21.6 Å². The van der Waals surface area contributed by atoms with Crippen molar-refractivity contribution in [2.45, 2.75) is 30.6 Å². The molecular formula is C16H19N3O5S. The molecule has 1 saturated carbocycles. The van der Waals surface area contributed by atoms with Gasteiger partial charge >= 0.3 is 0 Å². The van der Waals surface area contributed by atoms with Crippen molar-refractivity contribution < 1.29 is 18.1 Å². The number of nitrogens with one attached hydrogen (secondary N) is 1. The monoisotopic (exact) mass is 365 g/mol. The van der Waals surface area contributed by atoms with Crippen LogP contribution in [0.5, 0.6) is 0 Å². The average Bonchev–Trinajstić information content (AvgIpc) is 2.60. The molecule has 2 atom stereocenters. The van der Waals surface area contributed by atoms with E-state index in [-0.39, 0.29) is 34.7 Å². The molecule has 1 fully saturated rings. The van der Waals surface area contributed by atoms with E-state index in [9.17, 15) is 23.3 Å². The van der Waals surface area contributed by atoms with Crippen molar-refractivity contribution in [3.8, 4) is 6.07 Å². The molecule has 0 aliphatic heterocycles.